The van der Waals surface area contributed by atoms with E-state index in [1.807, 2.05) is 19.2 Å². The molecule has 1 aliphatic rings. The van der Waals surface area contributed by atoms with Gasteiger partial charge in [0, 0.05) is 19.3 Å². The number of aromatic nitrogens is 3. The van der Waals surface area contributed by atoms with Crippen LogP contribution >= 0.6 is 0 Å². The molecular weight excluding hydrogens is 320 g/mol. The Hall–Kier alpha value is -2.81. The monoisotopic (exact) mass is 344 g/mol. The number of pyridine rings is 1. The highest BCUT2D eigenvalue weighted by Crippen LogP contribution is 2.29. The van der Waals surface area contributed by atoms with Crippen LogP contribution in [0, 0.1) is 0 Å². The zero-order chi connectivity index (χ0) is 17.8. The molecule has 0 aliphatic carbocycles. The number of nitrogen functional groups attached to an aromatic ring is 1. The number of aromatic amines is 1. The lowest BCUT2D eigenvalue weighted by Crippen LogP contribution is -2.46. The number of urea groups is 1. The van der Waals surface area contributed by atoms with Gasteiger partial charge in [0.1, 0.15) is 11.5 Å². The first-order valence-electron chi connectivity index (χ1n) is 8.28. The van der Waals surface area contributed by atoms with E-state index < -0.39 is 0 Å². The highest BCUT2D eigenvalue weighted by molar-refractivity contribution is 5.94. The van der Waals surface area contributed by atoms with Crippen LogP contribution in [-0.4, -0.2) is 64.2 Å². The predicted molar refractivity (Wildman–Crippen MR) is 97.8 cm³/mol. The number of carbonyl (C=O) groups is 1. The van der Waals surface area contributed by atoms with Gasteiger partial charge in [-0.1, -0.05) is 0 Å². The molecule has 1 fully saturated rings. The molecule has 0 unspecified atom stereocenters. The molecule has 1 aliphatic heterocycles. The van der Waals surface area contributed by atoms with Crippen LogP contribution in [0.5, 0.6) is 0 Å². The summed E-state index contributed by atoms with van der Waals surface area (Å²) in [7, 11) is 3.91. The molecule has 25 heavy (non-hydrogen) atoms. The summed E-state index contributed by atoms with van der Waals surface area (Å²) in [5, 5.41) is 12.7. The SMILES string of the molecule is CN1CCC(N(C)C(=O)Nc2n[nH]c(N)c2Nc2cccnc2)CC1. The fourth-order valence-corrected chi connectivity index (χ4v) is 2.89. The van der Waals surface area contributed by atoms with E-state index >= 15 is 0 Å². The molecule has 134 valence electrons. The summed E-state index contributed by atoms with van der Waals surface area (Å²) in [5.41, 5.74) is 7.21. The van der Waals surface area contributed by atoms with E-state index in [1.165, 1.54) is 0 Å². The summed E-state index contributed by atoms with van der Waals surface area (Å²) in [6.07, 6.45) is 5.28. The fraction of sp³-hybridized carbons (Fsp3) is 0.438. The Morgan fingerprint density at radius 1 is 1.44 bits per heavy atom. The van der Waals surface area contributed by atoms with Crippen molar-refractivity contribution < 1.29 is 4.79 Å². The molecule has 0 saturated carbocycles. The van der Waals surface area contributed by atoms with Crippen molar-refractivity contribution >= 4 is 29.0 Å². The molecule has 3 heterocycles. The molecule has 0 radical (unpaired) electrons. The molecule has 2 aromatic rings. The number of piperidine rings is 1. The van der Waals surface area contributed by atoms with Crippen molar-refractivity contribution in [3.63, 3.8) is 0 Å². The average molecular weight is 344 g/mol. The summed E-state index contributed by atoms with van der Waals surface area (Å²) in [4.78, 5) is 20.6. The van der Waals surface area contributed by atoms with E-state index in [0.29, 0.717) is 17.3 Å². The van der Waals surface area contributed by atoms with Crippen molar-refractivity contribution in [3.8, 4) is 0 Å². The lowest BCUT2D eigenvalue weighted by molar-refractivity contribution is 0.156. The van der Waals surface area contributed by atoms with Crippen molar-refractivity contribution in [1.82, 2.24) is 25.0 Å². The van der Waals surface area contributed by atoms with Crippen molar-refractivity contribution in [2.24, 2.45) is 0 Å². The summed E-state index contributed by atoms with van der Waals surface area (Å²) in [6, 6.07) is 3.69. The van der Waals surface area contributed by atoms with E-state index in [4.69, 9.17) is 5.73 Å². The average Bonchev–Trinajstić information content (AvgIpc) is 2.96. The van der Waals surface area contributed by atoms with Gasteiger partial charge in [-0.3, -0.25) is 15.4 Å². The molecule has 0 bridgehead atoms. The number of likely N-dealkylation sites (tertiary alicyclic amines) is 1. The van der Waals surface area contributed by atoms with Gasteiger partial charge >= 0.3 is 6.03 Å². The number of H-pyrrole nitrogens is 1. The topological polar surface area (TPSA) is 115 Å². The lowest BCUT2D eigenvalue weighted by atomic mass is 10.0. The van der Waals surface area contributed by atoms with E-state index in [1.54, 1.807) is 17.3 Å². The van der Waals surface area contributed by atoms with Crippen LogP contribution < -0.4 is 16.4 Å². The van der Waals surface area contributed by atoms with Gasteiger partial charge < -0.3 is 20.9 Å². The third-order valence-electron chi connectivity index (χ3n) is 4.51. The summed E-state index contributed by atoms with van der Waals surface area (Å²) >= 11 is 0. The fourth-order valence-electron chi connectivity index (χ4n) is 2.89. The van der Waals surface area contributed by atoms with Crippen LogP contribution in [0.4, 0.5) is 27.8 Å². The number of hydrogen-bond acceptors (Lipinski definition) is 6. The number of carbonyl (C=O) groups excluding carboxylic acids is 1. The Kier molecular flexibility index (Phi) is 5.03. The highest BCUT2D eigenvalue weighted by atomic mass is 16.2. The van der Waals surface area contributed by atoms with E-state index in [9.17, 15) is 4.79 Å². The van der Waals surface area contributed by atoms with Gasteiger partial charge in [0.05, 0.1) is 11.9 Å². The Bertz CT molecular complexity index is 708. The molecule has 0 atom stereocenters. The Balaban J connectivity index is 1.67. The second-order valence-electron chi connectivity index (χ2n) is 6.30. The minimum Gasteiger partial charge on any atom is -0.382 e. The van der Waals surface area contributed by atoms with E-state index in [-0.39, 0.29) is 12.1 Å². The van der Waals surface area contributed by atoms with Gasteiger partial charge in [0.25, 0.3) is 0 Å². The summed E-state index contributed by atoms with van der Waals surface area (Å²) in [6.45, 7) is 1.98. The third-order valence-corrected chi connectivity index (χ3v) is 4.51. The number of anilines is 4. The van der Waals surface area contributed by atoms with Gasteiger partial charge in [-0.25, -0.2) is 4.79 Å². The highest BCUT2D eigenvalue weighted by Gasteiger charge is 2.25. The second kappa shape index (κ2) is 7.39. The number of nitrogens with zero attached hydrogens (tertiary/aromatic N) is 4. The standard InChI is InChI=1S/C16H24N8O/c1-23-8-5-12(6-9-23)24(2)16(25)20-15-13(14(17)21-22-15)19-11-4-3-7-18-10-11/h3-4,7,10,12,19H,5-6,8-9H2,1-2H3,(H4,17,20,21,22,25). The molecule has 5 N–H and O–H groups in total. The second-order valence-corrected chi connectivity index (χ2v) is 6.30. The van der Waals surface area contributed by atoms with Crippen LogP contribution in [-0.2, 0) is 0 Å². The van der Waals surface area contributed by atoms with Crippen LogP contribution in [0.3, 0.4) is 0 Å². The zero-order valence-corrected chi connectivity index (χ0v) is 14.5. The largest absolute Gasteiger partial charge is 0.382 e. The van der Waals surface area contributed by atoms with Gasteiger partial charge in [-0.15, -0.1) is 0 Å². The molecule has 2 aromatic heterocycles. The van der Waals surface area contributed by atoms with Gasteiger partial charge in [-0.05, 0) is 45.1 Å². The maximum atomic E-state index is 12.6. The minimum absolute atomic E-state index is 0.199. The Labute approximate surface area is 146 Å². The molecule has 9 nitrogen and oxygen atoms in total. The molecule has 9 heteroatoms. The van der Waals surface area contributed by atoms with Gasteiger partial charge in [0.15, 0.2) is 5.82 Å². The summed E-state index contributed by atoms with van der Waals surface area (Å²) < 4.78 is 0. The number of rotatable bonds is 4. The maximum absolute atomic E-state index is 12.6. The molecule has 0 spiro atoms. The van der Waals surface area contributed by atoms with Gasteiger partial charge in [0.2, 0.25) is 0 Å². The number of amides is 2. The maximum Gasteiger partial charge on any atom is 0.323 e. The number of hydrogen-bond donors (Lipinski definition) is 4. The number of nitrogens with two attached hydrogens (primary N) is 1. The molecule has 0 aromatic carbocycles. The minimum atomic E-state index is -0.199. The first kappa shape index (κ1) is 17.0. The van der Waals surface area contributed by atoms with Crippen LogP contribution in [0.1, 0.15) is 12.8 Å². The van der Waals surface area contributed by atoms with Crippen LogP contribution in [0.2, 0.25) is 0 Å². The molecule has 2 amide bonds. The zero-order valence-electron chi connectivity index (χ0n) is 14.5. The van der Waals surface area contributed by atoms with Crippen molar-refractivity contribution in [1.29, 1.82) is 0 Å². The van der Waals surface area contributed by atoms with E-state index in [0.717, 1.165) is 31.6 Å². The van der Waals surface area contributed by atoms with Crippen molar-refractivity contribution in [2.75, 3.05) is 43.6 Å². The summed E-state index contributed by atoms with van der Waals surface area (Å²) in [5.74, 6) is 0.715. The first-order chi connectivity index (χ1) is 12.0. The predicted octanol–water partition coefficient (Wildman–Crippen LogP) is 1.69. The molecule has 3 rings (SSSR count). The number of nitrogens with one attached hydrogen (secondary N) is 3. The van der Waals surface area contributed by atoms with Crippen LogP contribution in [0.15, 0.2) is 24.5 Å². The Morgan fingerprint density at radius 2 is 2.20 bits per heavy atom. The lowest BCUT2D eigenvalue weighted by Gasteiger charge is -2.34. The van der Waals surface area contributed by atoms with E-state index in [2.05, 4.69) is 37.8 Å². The van der Waals surface area contributed by atoms with Crippen molar-refractivity contribution in [2.45, 2.75) is 18.9 Å². The van der Waals surface area contributed by atoms with Crippen LogP contribution in [0.25, 0.3) is 0 Å². The first-order valence-corrected chi connectivity index (χ1v) is 8.28. The normalized spacial score (nSPS) is 15.8. The third kappa shape index (κ3) is 4.00. The Morgan fingerprint density at radius 3 is 2.88 bits per heavy atom. The van der Waals surface area contributed by atoms with Crippen molar-refractivity contribution in [3.05, 3.63) is 24.5 Å². The quantitative estimate of drug-likeness (QED) is 0.671. The van der Waals surface area contributed by atoms with Gasteiger partial charge in [-0.2, -0.15) is 5.10 Å². The smallest absolute Gasteiger partial charge is 0.323 e. The molecular formula is C16H24N8O. The molecule has 1 saturated heterocycles.